The van der Waals surface area contributed by atoms with Gasteiger partial charge in [-0.2, -0.15) is 0 Å². The van der Waals surface area contributed by atoms with Gasteiger partial charge in [0.25, 0.3) is 0 Å². The van der Waals surface area contributed by atoms with E-state index in [1.54, 1.807) is 0 Å². The van der Waals surface area contributed by atoms with Crippen molar-refractivity contribution in [3.8, 4) is 0 Å². The van der Waals surface area contributed by atoms with Gasteiger partial charge in [-0.3, -0.25) is 9.79 Å². The Morgan fingerprint density at radius 2 is 2.15 bits per heavy atom. The number of likely N-dealkylation sites (tertiary alicyclic amines) is 1. The van der Waals surface area contributed by atoms with Crippen LogP contribution in [-0.2, 0) is 9.53 Å². The second-order valence-corrected chi connectivity index (χ2v) is 8.49. The monoisotopic (exact) mass is 492 g/mol. The third kappa shape index (κ3) is 5.28. The average Bonchev–Trinajstić information content (AvgIpc) is 2.98. The van der Waals surface area contributed by atoms with E-state index < -0.39 is 0 Å². The van der Waals surface area contributed by atoms with Crippen LogP contribution in [0.2, 0.25) is 0 Å². The minimum absolute atomic E-state index is 0. The molecule has 3 unspecified atom stereocenters. The van der Waals surface area contributed by atoms with E-state index in [1.807, 2.05) is 4.90 Å². The number of rotatable bonds is 6. The quantitative estimate of drug-likeness (QED) is 0.259. The number of nitrogens with zero attached hydrogens (tertiary/aromatic N) is 2. The van der Waals surface area contributed by atoms with Gasteiger partial charge in [0.15, 0.2) is 5.96 Å². The maximum atomic E-state index is 12.1. The average molecular weight is 492 g/mol. The van der Waals surface area contributed by atoms with Crippen LogP contribution < -0.4 is 10.6 Å². The molecule has 3 rings (SSSR count). The molecule has 3 aliphatic rings. The smallest absolute Gasteiger partial charge is 0.222 e. The lowest BCUT2D eigenvalue weighted by Crippen LogP contribution is -2.68. The summed E-state index contributed by atoms with van der Waals surface area (Å²) in [7, 11) is 0. The van der Waals surface area contributed by atoms with E-state index in [-0.39, 0.29) is 29.4 Å². The molecule has 0 aromatic carbocycles. The highest BCUT2D eigenvalue weighted by Gasteiger charge is 2.59. The zero-order valence-corrected chi connectivity index (χ0v) is 19.5. The molecule has 156 valence electrons. The number of halogens is 1. The summed E-state index contributed by atoms with van der Waals surface area (Å²) in [4.78, 5) is 18.9. The number of hydrogen-bond donors (Lipinski definition) is 2. The second-order valence-electron chi connectivity index (χ2n) is 8.49. The number of guanidine groups is 1. The number of amides is 1. The first-order valence-electron chi connectivity index (χ1n) is 10.5. The number of aliphatic imine (C=N–C) groups is 1. The van der Waals surface area contributed by atoms with Crippen LogP contribution in [0.4, 0.5) is 0 Å². The lowest BCUT2D eigenvalue weighted by molar-refractivity contribution is -0.130. The van der Waals surface area contributed by atoms with Gasteiger partial charge >= 0.3 is 0 Å². The Balaban J connectivity index is 0.00000261. The summed E-state index contributed by atoms with van der Waals surface area (Å²) < 4.78 is 5.89. The van der Waals surface area contributed by atoms with Crippen molar-refractivity contribution in [1.29, 1.82) is 0 Å². The van der Waals surface area contributed by atoms with Gasteiger partial charge in [0.1, 0.15) is 0 Å². The first-order valence-corrected chi connectivity index (χ1v) is 10.5. The predicted molar refractivity (Wildman–Crippen MR) is 120 cm³/mol. The van der Waals surface area contributed by atoms with Gasteiger partial charge in [-0.25, -0.2) is 0 Å². The third-order valence-electron chi connectivity index (χ3n) is 6.26. The van der Waals surface area contributed by atoms with Crippen molar-refractivity contribution in [3.63, 3.8) is 0 Å². The van der Waals surface area contributed by atoms with Crippen LogP contribution in [-0.4, -0.2) is 61.7 Å². The molecule has 0 aromatic rings. The molecule has 27 heavy (non-hydrogen) atoms. The molecular formula is C20H37IN4O2. The van der Waals surface area contributed by atoms with Crippen molar-refractivity contribution in [2.45, 2.75) is 71.4 Å². The number of carbonyl (C=O) groups is 1. The summed E-state index contributed by atoms with van der Waals surface area (Å²) in [6.45, 7) is 10.9. The molecule has 1 amide bonds. The maximum Gasteiger partial charge on any atom is 0.222 e. The summed E-state index contributed by atoms with van der Waals surface area (Å²) in [5.74, 6) is 1.82. The fraction of sp³-hybridized carbons (Fsp3) is 0.900. The van der Waals surface area contributed by atoms with Gasteiger partial charge < -0.3 is 20.3 Å². The minimum Gasteiger partial charge on any atom is -0.377 e. The van der Waals surface area contributed by atoms with Crippen LogP contribution in [0, 0.1) is 11.3 Å². The van der Waals surface area contributed by atoms with Crippen LogP contribution in [0.25, 0.3) is 0 Å². The SMILES string of the molecule is CCNC(=NCCCN1CCCCCC1=O)NC1C2CCOC2C1(C)C.I. The number of fused-ring (bicyclic) bond motifs is 1. The zero-order valence-electron chi connectivity index (χ0n) is 17.1. The molecule has 0 bridgehead atoms. The summed E-state index contributed by atoms with van der Waals surface area (Å²) >= 11 is 0. The third-order valence-corrected chi connectivity index (χ3v) is 6.26. The second kappa shape index (κ2) is 10.3. The van der Waals surface area contributed by atoms with E-state index in [0.29, 0.717) is 24.0 Å². The van der Waals surface area contributed by atoms with Crippen molar-refractivity contribution in [2.75, 3.05) is 32.8 Å². The molecule has 3 fully saturated rings. The van der Waals surface area contributed by atoms with E-state index in [1.165, 1.54) is 6.42 Å². The molecule has 0 radical (unpaired) electrons. The van der Waals surface area contributed by atoms with E-state index in [9.17, 15) is 4.79 Å². The Morgan fingerprint density at radius 3 is 2.93 bits per heavy atom. The first-order chi connectivity index (χ1) is 12.5. The number of nitrogens with one attached hydrogen (secondary N) is 2. The molecule has 2 N–H and O–H groups in total. The minimum atomic E-state index is 0. The normalized spacial score (nSPS) is 30.0. The van der Waals surface area contributed by atoms with Crippen LogP contribution in [0.3, 0.4) is 0 Å². The lowest BCUT2D eigenvalue weighted by Gasteiger charge is -2.54. The fourth-order valence-corrected chi connectivity index (χ4v) is 4.81. The maximum absolute atomic E-state index is 12.1. The van der Waals surface area contributed by atoms with E-state index >= 15 is 0 Å². The molecule has 6 nitrogen and oxygen atoms in total. The Hall–Kier alpha value is -0.570. The van der Waals surface area contributed by atoms with Crippen molar-refractivity contribution in [1.82, 2.24) is 15.5 Å². The zero-order chi connectivity index (χ0) is 18.6. The molecule has 1 aliphatic carbocycles. The molecule has 7 heteroatoms. The number of ether oxygens (including phenoxy) is 1. The van der Waals surface area contributed by atoms with E-state index in [2.05, 4.69) is 31.4 Å². The largest absolute Gasteiger partial charge is 0.377 e. The van der Waals surface area contributed by atoms with Crippen molar-refractivity contribution < 1.29 is 9.53 Å². The summed E-state index contributed by atoms with van der Waals surface area (Å²) in [5.41, 5.74) is 0.149. The Bertz CT molecular complexity index is 526. The van der Waals surface area contributed by atoms with Gasteiger partial charge in [0, 0.05) is 56.6 Å². The Morgan fingerprint density at radius 1 is 1.33 bits per heavy atom. The van der Waals surface area contributed by atoms with Gasteiger partial charge in [0.05, 0.1) is 6.10 Å². The topological polar surface area (TPSA) is 66.0 Å². The van der Waals surface area contributed by atoms with Crippen LogP contribution in [0.1, 0.15) is 59.3 Å². The summed E-state index contributed by atoms with van der Waals surface area (Å²) in [6.07, 6.45) is 6.53. The van der Waals surface area contributed by atoms with Gasteiger partial charge in [-0.05, 0) is 32.6 Å². The fourth-order valence-electron chi connectivity index (χ4n) is 4.81. The molecule has 1 saturated carbocycles. The molecule has 0 aromatic heterocycles. The van der Waals surface area contributed by atoms with Gasteiger partial charge in [0.2, 0.25) is 5.91 Å². The standard InChI is InChI=1S/C20H36N4O2.HI/c1-4-21-19(23-17-15-10-14-26-18(15)20(17,2)3)22-11-8-13-24-12-7-5-6-9-16(24)25;/h15,17-18H,4-14H2,1-3H3,(H2,21,22,23);1H. The molecule has 0 spiro atoms. The van der Waals surface area contributed by atoms with Crippen LogP contribution >= 0.6 is 24.0 Å². The molecule has 2 heterocycles. The molecular weight excluding hydrogens is 455 g/mol. The van der Waals surface area contributed by atoms with Gasteiger partial charge in [-0.15, -0.1) is 24.0 Å². The molecule has 2 saturated heterocycles. The highest BCUT2D eigenvalue weighted by atomic mass is 127. The highest BCUT2D eigenvalue weighted by Crippen LogP contribution is 2.52. The van der Waals surface area contributed by atoms with E-state index in [4.69, 9.17) is 9.73 Å². The summed E-state index contributed by atoms with van der Waals surface area (Å²) in [5, 5.41) is 7.03. The van der Waals surface area contributed by atoms with Gasteiger partial charge in [-0.1, -0.05) is 20.3 Å². The molecule has 3 atom stereocenters. The van der Waals surface area contributed by atoms with Crippen LogP contribution in [0.5, 0.6) is 0 Å². The predicted octanol–water partition coefficient (Wildman–Crippen LogP) is 2.77. The Kier molecular flexibility index (Phi) is 8.65. The van der Waals surface area contributed by atoms with Crippen LogP contribution in [0.15, 0.2) is 4.99 Å². The lowest BCUT2D eigenvalue weighted by atomic mass is 9.57. The Labute approximate surface area is 181 Å². The highest BCUT2D eigenvalue weighted by molar-refractivity contribution is 14.0. The molecule has 2 aliphatic heterocycles. The van der Waals surface area contributed by atoms with Crippen molar-refractivity contribution in [2.24, 2.45) is 16.3 Å². The van der Waals surface area contributed by atoms with E-state index in [0.717, 1.165) is 70.8 Å². The first kappa shape index (κ1) is 22.7. The number of hydrogen-bond acceptors (Lipinski definition) is 3. The number of carbonyl (C=O) groups excluding carboxylic acids is 1. The summed E-state index contributed by atoms with van der Waals surface area (Å²) in [6, 6.07) is 0.417. The van der Waals surface area contributed by atoms with Crippen molar-refractivity contribution >= 4 is 35.8 Å². The van der Waals surface area contributed by atoms with Crippen molar-refractivity contribution in [3.05, 3.63) is 0 Å².